The number of hydrogen-bond donors (Lipinski definition) is 0. The molecule has 0 aliphatic carbocycles. The summed E-state index contributed by atoms with van der Waals surface area (Å²) in [6.45, 7) is 7.53. The number of aromatic nitrogens is 1. The van der Waals surface area contributed by atoms with E-state index >= 15 is 0 Å². The highest BCUT2D eigenvalue weighted by atomic mass is 16.5. The van der Waals surface area contributed by atoms with E-state index in [1.54, 1.807) is 17.0 Å². The van der Waals surface area contributed by atoms with Gasteiger partial charge in [0.05, 0.1) is 17.7 Å². The van der Waals surface area contributed by atoms with Gasteiger partial charge in [-0.05, 0) is 50.3 Å². The molecular weight excluding hydrogens is 372 g/mol. The van der Waals surface area contributed by atoms with E-state index in [9.17, 15) is 9.59 Å². The standard InChI is InChI=1S/C22H28N2O5/c1-15-5-4-10-24(12-15)21(25)14-28-22(26)11-18-6-8-19(9-7-18)27-13-20-16(2)23-29-17(20)3/h6-9,15H,4-5,10-14H2,1-3H3/t15-/m1/s1. The third-order valence-corrected chi connectivity index (χ3v) is 5.20. The number of rotatable bonds is 7. The Balaban J connectivity index is 1.43. The molecule has 1 fully saturated rings. The van der Waals surface area contributed by atoms with E-state index in [0.29, 0.717) is 18.3 Å². The van der Waals surface area contributed by atoms with Crippen LogP contribution >= 0.6 is 0 Å². The van der Waals surface area contributed by atoms with Crippen molar-refractivity contribution in [3.05, 3.63) is 46.8 Å². The van der Waals surface area contributed by atoms with Crippen LogP contribution in [0.25, 0.3) is 0 Å². The molecule has 156 valence electrons. The van der Waals surface area contributed by atoms with Gasteiger partial charge < -0.3 is 18.9 Å². The summed E-state index contributed by atoms with van der Waals surface area (Å²) in [5.41, 5.74) is 2.56. The van der Waals surface area contributed by atoms with Gasteiger partial charge >= 0.3 is 5.97 Å². The van der Waals surface area contributed by atoms with E-state index < -0.39 is 5.97 Å². The highest BCUT2D eigenvalue weighted by molar-refractivity contribution is 5.81. The van der Waals surface area contributed by atoms with Gasteiger partial charge in [-0.1, -0.05) is 24.2 Å². The van der Waals surface area contributed by atoms with Gasteiger partial charge in [-0.2, -0.15) is 0 Å². The summed E-state index contributed by atoms with van der Waals surface area (Å²) in [6.07, 6.45) is 2.26. The first-order valence-corrected chi connectivity index (χ1v) is 9.99. The van der Waals surface area contributed by atoms with Crippen molar-refractivity contribution >= 4 is 11.9 Å². The second-order valence-electron chi connectivity index (χ2n) is 7.66. The fourth-order valence-electron chi connectivity index (χ4n) is 3.43. The smallest absolute Gasteiger partial charge is 0.310 e. The Morgan fingerprint density at radius 2 is 2.00 bits per heavy atom. The zero-order valence-electron chi connectivity index (χ0n) is 17.3. The maximum Gasteiger partial charge on any atom is 0.310 e. The van der Waals surface area contributed by atoms with Crippen LogP contribution in [-0.4, -0.2) is 41.6 Å². The molecule has 1 atom stereocenters. The molecule has 1 amide bonds. The van der Waals surface area contributed by atoms with E-state index in [-0.39, 0.29) is 18.9 Å². The van der Waals surface area contributed by atoms with E-state index in [1.165, 1.54) is 0 Å². The van der Waals surface area contributed by atoms with Gasteiger partial charge in [-0.25, -0.2) is 0 Å². The van der Waals surface area contributed by atoms with Crippen molar-refractivity contribution in [3.8, 4) is 5.75 Å². The third kappa shape index (κ3) is 5.82. The number of hydrogen-bond acceptors (Lipinski definition) is 6. The molecule has 3 rings (SSSR count). The highest BCUT2D eigenvalue weighted by Crippen LogP contribution is 2.18. The van der Waals surface area contributed by atoms with E-state index in [4.69, 9.17) is 14.0 Å². The van der Waals surface area contributed by atoms with Gasteiger partial charge in [0.2, 0.25) is 0 Å². The molecule has 0 N–H and O–H groups in total. The third-order valence-electron chi connectivity index (χ3n) is 5.20. The molecule has 1 aliphatic heterocycles. The van der Waals surface area contributed by atoms with Gasteiger partial charge in [-0.15, -0.1) is 0 Å². The Hall–Kier alpha value is -2.83. The van der Waals surface area contributed by atoms with Crippen molar-refractivity contribution < 1.29 is 23.6 Å². The lowest BCUT2D eigenvalue weighted by Gasteiger charge is -2.30. The molecule has 2 aromatic rings. The number of benzene rings is 1. The molecule has 1 aliphatic rings. The summed E-state index contributed by atoms with van der Waals surface area (Å²) in [5, 5.41) is 3.91. The molecule has 0 unspecified atom stereocenters. The number of carbonyl (C=O) groups excluding carboxylic acids is 2. The zero-order valence-corrected chi connectivity index (χ0v) is 17.3. The quantitative estimate of drug-likeness (QED) is 0.664. The Morgan fingerprint density at radius 1 is 1.24 bits per heavy atom. The zero-order chi connectivity index (χ0) is 20.8. The van der Waals surface area contributed by atoms with Crippen LogP contribution in [0.2, 0.25) is 0 Å². The Bertz CT molecular complexity index is 824. The van der Waals surface area contributed by atoms with Crippen molar-refractivity contribution in [2.75, 3.05) is 19.7 Å². The maximum absolute atomic E-state index is 12.2. The number of amides is 1. The molecule has 7 heteroatoms. The largest absolute Gasteiger partial charge is 0.489 e. The van der Waals surface area contributed by atoms with E-state index in [2.05, 4.69) is 12.1 Å². The van der Waals surface area contributed by atoms with Crippen LogP contribution in [0.5, 0.6) is 5.75 Å². The van der Waals surface area contributed by atoms with Crippen LogP contribution < -0.4 is 4.74 Å². The second-order valence-corrected chi connectivity index (χ2v) is 7.66. The molecule has 2 heterocycles. The molecule has 0 radical (unpaired) electrons. The molecule has 7 nitrogen and oxygen atoms in total. The Kier molecular flexibility index (Phi) is 6.90. The second kappa shape index (κ2) is 9.58. The minimum absolute atomic E-state index is 0.118. The highest BCUT2D eigenvalue weighted by Gasteiger charge is 2.21. The van der Waals surface area contributed by atoms with Crippen LogP contribution in [-0.2, 0) is 27.4 Å². The topological polar surface area (TPSA) is 81.9 Å². The molecule has 1 saturated heterocycles. The first-order valence-electron chi connectivity index (χ1n) is 9.99. The average molecular weight is 400 g/mol. The van der Waals surface area contributed by atoms with Crippen molar-refractivity contribution in [3.63, 3.8) is 0 Å². The molecule has 29 heavy (non-hydrogen) atoms. The first-order chi connectivity index (χ1) is 13.9. The number of likely N-dealkylation sites (tertiary alicyclic amines) is 1. The number of aryl methyl sites for hydroxylation is 2. The predicted octanol–water partition coefficient (Wildman–Crippen LogP) is 3.21. The first kappa shape index (κ1) is 20.9. The van der Waals surface area contributed by atoms with Crippen molar-refractivity contribution in [2.24, 2.45) is 5.92 Å². The number of carbonyl (C=O) groups is 2. The summed E-state index contributed by atoms with van der Waals surface area (Å²) in [7, 11) is 0. The summed E-state index contributed by atoms with van der Waals surface area (Å²) in [6, 6.07) is 7.25. The summed E-state index contributed by atoms with van der Waals surface area (Å²) in [5.74, 6) is 1.41. The molecule has 1 aromatic heterocycles. The number of nitrogens with zero attached hydrogens (tertiary/aromatic N) is 2. The normalized spacial score (nSPS) is 16.5. The Morgan fingerprint density at radius 3 is 2.66 bits per heavy atom. The van der Waals surface area contributed by atoms with Gasteiger partial charge in [0.1, 0.15) is 18.1 Å². The summed E-state index contributed by atoms with van der Waals surface area (Å²) in [4.78, 5) is 26.0. The van der Waals surface area contributed by atoms with Crippen LogP contribution in [0.1, 0.15) is 42.3 Å². The summed E-state index contributed by atoms with van der Waals surface area (Å²) < 4.78 is 16.1. The van der Waals surface area contributed by atoms with Crippen LogP contribution in [0.3, 0.4) is 0 Å². The van der Waals surface area contributed by atoms with E-state index in [0.717, 1.165) is 48.5 Å². The van der Waals surface area contributed by atoms with Crippen molar-refractivity contribution in [2.45, 2.75) is 46.6 Å². The van der Waals surface area contributed by atoms with Gasteiger partial charge in [0.25, 0.3) is 5.91 Å². The lowest BCUT2D eigenvalue weighted by Crippen LogP contribution is -2.41. The lowest BCUT2D eigenvalue weighted by atomic mass is 10.0. The fourth-order valence-corrected chi connectivity index (χ4v) is 3.43. The van der Waals surface area contributed by atoms with Gasteiger partial charge in [0, 0.05) is 13.1 Å². The van der Waals surface area contributed by atoms with Crippen LogP contribution in [0.4, 0.5) is 0 Å². The van der Waals surface area contributed by atoms with Crippen LogP contribution in [0, 0.1) is 19.8 Å². The van der Waals surface area contributed by atoms with Crippen LogP contribution in [0.15, 0.2) is 28.8 Å². The van der Waals surface area contributed by atoms with E-state index in [1.807, 2.05) is 26.0 Å². The monoisotopic (exact) mass is 400 g/mol. The SMILES string of the molecule is Cc1noc(C)c1COc1ccc(CC(=O)OCC(=O)N2CCC[C@@H](C)C2)cc1. The van der Waals surface area contributed by atoms with Crippen molar-refractivity contribution in [1.82, 2.24) is 10.1 Å². The molecule has 1 aromatic carbocycles. The predicted molar refractivity (Wildman–Crippen MR) is 106 cm³/mol. The Labute approximate surface area is 171 Å². The molecule has 0 spiro atoms. The van der Waals surface area contributed by atoms with Gasteiger partial charge in [-0.3, -0.25) is 9.59 Å². The molecule has 0 bridgehead atoms. The average Bonchev–Trinajstić information content (AvgIpc) is 3.03. The molecule has 0 saturated carbocycles. The summed E-state index contributed by atoms with van der Waals surface area (Å²) >= 11 is 0. The van der Waals surface area contributed by atoms with Gasteiger partial charge in [0.15, 0.2) is 6.61 Å². The number of ether oxygens (including phenoxy) is 2. The lowest BCUT2D eigenvalue weighted by molar-refractivity contribution is -0.152. The maximum atomic E-state index is 12.2. The minimum atomic E-state index is -0.409. The number of piperidine rings is 1. The fraction of sp³-hybridized carbons (Fsp3) is 0.500. The molecular formula is C22H28N2O5. The number of esters is 1. The minimum Gasteiger partial charge on any atom is -0.489 e. The van der Waals surface area contributed by atoms with Crippen molar-refractivity contribution in [1.29, 1.82) is 0 Å².